The van der Waals surface area contributed by atoms with E-state index in [1.54, 1.807) is 23.1 Å². The average molecular weight is 450 g/mol. The van der Waals surface area contributed by atoms with Crippen molar-refractivity contribution >= 4 is 27.5 Å². The van der Waals surface area contributed by atoms with Crippen LogP contribution in [0.1, 0.15) is 19.4 Å². The summed E-state index contributed by atoms with van der Waals surface area (Å²) < 4.78 is 27.2. The van der Waals surface area contributed by atoms with Gasteiger partial charge in [-0.25, -0.2) is 8.42 Å². The molecule has 0 unspecified atom stereocenters. The molecule has 30 heavy (non-hydrogen) atoms. The number of carbonyl (C=O) groups is 1. The molecule has 0 saturated carbocycles. The zero-order valence-corrected chi connectivity index (χ0v) is 18.9. The van der Waals surface area contributed by atoms with Crippen LogP contribution in [-0.2, 0) is 21.4 Å². The summed E-state index contributed by atoms with van der Waals surface area (Å²) in [5.41, 5.74) is 1.16. The van der Waals surface area contributed by atoms with Crippen LogP contribution in [0.4, 0.5) is 0 Å². The van der Waals surface area contributed by atoms with Gasteiger partial charge in [-0.1, -0.05) is 54.1 Å². The second-order valence-corrected chi connectivity index (χ2v) is 10.0. The van der Waals surface area contributed by atoms with Crippen molar-refractivity contribution in [3.8, 4) is 0 Å². The number of carbonyl (C=O) groups excluding carboxylic acids is 1. The number of rotatable bonds is 7. The lowest BCUT2D eigenvalue weighted by atomic mass is 10.2. The molecule has 0 aromatic heterocycles. The Bertz CT molecular complexity index is 959. The summed E-state index contributed by atoms with van der Waals surface area (Å²) in [6.07, 6.45) is 0. The minimum atomic E-state index is -3.67. The Balaban J connectivity index is 1.60. The van der Waals surface area contributed by atoms with E-state index >= 15 is 0 Å². The second kappa shape index (κ2) is 9.92. The molecule has 0 N–H and O–H groups in total. The third kappa shape index (κ3) is 5.40. The zero-order valence-electron chi connectivity index (χ0n) is 17.4. The predicted octanol–water partition coefficient (Wildman–Crippen LogP) is 3.08. The lowest BCUT2D eigenvalue weighted by molar-refractivity contribution is -0.134. The van der Waals surface area contributed by atoms with E-state index in [0.717, 1.165) is 5.56 Å². The van der Waals surface area contributed by atoms with Crippen LogP contribution in [0.3, 0.4) is 0 Å². The van der Waals surface area contributed by atoms with Crippen LogP contribution in [0.2, 0.25) is 5.02 Å². The lowest BCUT2D eigenvalue weighted by Gasteiger charge is -2.36. The van der Waals surface area contributed by atoms with Gasteiger partial charge in [0.1, 0.15) is 4.90 Å². The quantitative estimate of drug-likeness (QED) is 0.651. The van der Waals surface area contributed by atoms with Crippen LogP contribution in [-0.4, -0.2) is 67.2 Å². The third-order valence-electron chi connectivity index (χ3n) is 5.34. The Morgan fingerprint density at radius 2 is 1.60 bits per heavy atom. The number of halogens is 1. The molecule has 2 aromatic rings. The first kappa shape index (κ1) is 22.7. The van der Waals surface area contributed by atoms with E-state index in [9.17, 15) is 13.2 Å². The van der Waals surface area contributed by atoms with Crippen molar-refractivity contribution in [2.45, 2.75) is 31.3 Å². The summed E-state index contributed by atoms with van der Waals surface area (Å²) in [6, 6.07) is 16.7. The molecule has 0 atom stereocenters. The van der Waals surface area contributed by atoms with Gasteiger partial charge >= 0.3 is 0 Å². The van der Waals surface area contributed by atoms with Gasteiger partial charge in [-0.2, -0.15) is 4.31 Å². The summed E-state index contributed by atoms with van der Waals surface area (Å²) in [7, 11) is -3.67. The molecule has 1 heterocycles. The highest BCUT2D eigenvalue weighted by atomic mass is 35.5. The fraction of sp³-hybridized carbons (Fsp3) is 0.409. The molecule has 6 nitrogen and oxygen atoms in total. The van der Waals surface area contributed by atoms with Crippen molar-refractivity contribution in [2.75, 3.05) is 32.7 Å². The van der Waals surface area contributed by atoms with E-state index in [-0.39, 0.29) is 35.0 Å². The van der Waals surface area contributed by atoms with Gasteiger partial charge in [-0.15, -0.1) is 0 Å². The molecule has 1 fully saturated rings. The number of hydrogen-bond donors (Lipinski definition) is 0. The van der Waals surface area contributed by atoms with Gasteiger partial charge in [0.15, 0.2) is 0 Å². The normalized spacial score (nSPS) is 15.7. The zero-order chi connectivity index (χ0) is 21.7. The molecule has 0 spiro atoms. The van der Waals surface area contributed by atoms with Crippen molar-refractivity contribution in [1.82, 2.24) is 14.1 Å². The van der Waals surface area contributed by atoms with Crippen LogP contribution in [0, 0.1) is 0 Å². The Morgan fingerprint density at radius 3 is 2.20 bits per heavy atom. The van der Waals surface area contributed by atoms with Crippen molar-refractivity contribution < 1.29 is 13.2 Å². The Hall–Kier alpha value is -1.93. The summed E-state index contributed by atoms with van der Waals surface area (Å²) in [4.78, 5) is 16.9. The highest BCUT2D eigenvalue weighted by molar-refractivity contribution is 7.89. The maximum atomic E-state index is 12.9. The maximum Gasteiger partial charge on any atom is 0.244 e. The average Bonchev–Trinajstić information content (AvgIpc) is 2.74. The van der Waals surface area contributed by atoms with Crippen molar-refractivity contribution in [2.24, 2.45) is 0 Å². The third-order valence-corrected chi connectivity index (χ3v) is 7.74. The highest BCUT2D eigenvalue weighted by Gasteiger charge is 2.31. The summed E-state index contributed by atoms with van der Waals surface area (Å²) >= 11 is 6.08. The first-order valence-electron chi connectivity index (χ1n) is 10.1. The molecule has 1 aliphatic rings. The van der Waals surface area contributed by atoms with Gasteiger partial charge in [0, 0.05) is 38.8 Å². The standard InChI is InChI=1S/C22H28ClN3O3S/c1-18(2)25(16-19-8-4-3-5-9-19)17-22(27)24-12-14-26(15-13-24)30(28,29)21-11-7-6-10-20(21)23/h3-11,18H,12-17H2,1-2H3. The number of amides is 1. The van der Waals surface area contributed by atoms with Crippen LogP contribution in [0.15, 0.2) is 59.5 Å². The minimum absolute atomic E-state index is 0.0226. The molecule has 1 saturated heterocycles. The van der Waals surface area contributed by atoms with E-state index in [1.807, 2.05) is 18.2 Å². The fourth-order valence-corrected chi connectivity index (χ4v) is 5.40. The SMILES string of the molecule is CC(C)N(CC(=O)N1CCN(S(=O)(=O)c2ccccc2Cl)CC1)Cc1ccccc1. The highest BCUT2D eigenvalue weighted by Crippen LogP contribution is 2.25. The Morgan fingerprint density at radius 1 is 1.00 bits per heavy atom. The van der Waals surface area contributed by atoms with E-state index in [1.165, 1.54) is 10.4 Å². The van der Waals surface area contributed by atoms with Gasteiger partial charge in [-0.3, -0.25) is 9.69 Å². The molecule has 0 bridgehead atoms. The van der Waals surface area contributed by atoms with Crippen molar-refractivity contribution in [3.05, 3.63) is 65.2 Å². The maximum absolute atomic E-state index is 12.9. The predicted molar refractivity (Wildman–Crippen MR) is 119 cm³/mol. The number of piperazine rings is 1. The molecule has 1 amide bonds. The molecule has 0 aliphatic carbocycles. The first-order valence-corrected chi connectivity index (χ1v) is 11.9. The van der Waals surface area contributed by atoms with Crippen LogP contribution < -0.4 is 0 Å². The molecule has 0 radical (unpaired) electrons. The van der Waals surface area contributed by atoms with E-state index in [4.69, 9.17) is 11.6 Å². The summed E-state index contributed by atoms with van der Waals surface area (Å²) in [5, 5.41) is 0.212. The molecular formula is C22H28ClN3O3S. The topological polar surface area (TPSA) is 60.9 Å². The number of hydrogen-bond acceptors (Lipinski definition) is 4. The van der Waals surface area contributed by atoms with Crippen molar-refractivity contribution in [1.29, 1.82) is 0 Å². The van der Waals surface area contributed by atoms with Gasteiger partial charge in [0.2, 0.25) is 15.9 Å². The largest absolute Gasteiger partial charge is 0.339 e. The molecule has 1 aliphatic heterocycles. The molecule has 2 aromatic carbocycles. The van der Waals surface area contributed by atoms with Crippen LogP contribution in [0.25, 0.3) is 0 Å². The van der Waals surface area contributed by atoms with Gasteiger partial charge in [0.05, 0.1) is 11.6 Å². The Labute approximate surface area is 184 Å². The number of nitrogens with zero attached hydrogens (tertiary/aromatic N) is 3. The van der Waals surface area contributed by atoms with Gasteiger partial charge < -0.3 is 4.90 Å². The van der Waals surface area contributed by atoms with Gasteiger partial charge in [0.25, 0.3) is 0 Å². The molecule has 162 valence electrons. The lowest BCUT2D eigenvalue weighted by Crippen LogP contribution is -2.53. The number of sulfonamides is 1. The molecule has 3 rings (SSSR count). The minimum Gasteiger partial charge on any atom is -0.339 e. The van der Waals surface area contributed by atoms with Crippen LogP contribution in [0.5, 0.6) is 0 Å². The second-order valence-electron chi connectivity index (χ2n) is 7.70. The van der Waals surface area contributed by atoms with Gasteiger partial charge in [-0.05, 0) is 31.5 Å². The van der Waals surface area contributed by atoms with Crippen LogP contribution >= 0.6 is 11.6 Å². The van der Waals surface area contributed by atoms with E-state index in [0.29, 0.717) is 26.2 Å². The van der Waals surface area contributed by atoms with E-state index in [2.05, 4.69) is 30.9 Å². The number of benzene rings is 2. The first-order chi connectivity index (χ1) is 14.3. The summed E-state index contributed by atoms with van der Waals surface area (Å²) in [6.45, 7) is 6.43. The summed E-state index contributed by atoms with van der Waals surface area (Å²) in [5.74, 6) is 0.0226. The van der Waals surface area contributed by atoms with E-state index < -0.39 is 10.0 Å². The molecular weight excluding hydrogens is 422 g/mol. The monoisotopic (exact) mass is 449 g/mol. The smallest absolute Gasteiger partial charge is 0.244 e. The van der Waals surface area contributed by atoms with Crippen molar-refractivity contribution in [3.63, 3.8) is 0 Å². The Kier molecular flexibility index (Phi) is 7.52. The fourth-order valence-electron chi connectivity index (χ4n) is 3.48. The molecule has 8 heteroatoms.